The molecule has 0 rings (SSSR count). The minimum absolute atomic E-state index is 0.0711. The Kier molecular flexibility index (Phi) is 5.91. The highest BCUT2D eigenvalue weighted by Gasteiger charge is 2.04. The summed E-state index contributed by atoms with van der Waals surface area (Å²) in [6, 6.07) is 0.428. The van der Waals surface area contributed by atoms with Gasteiger partial charge >= 0.3 is 0 Å². The molecule has 0 aliphatic rings. The van der Waals surface area contributed by atoms with E-state index >= 15 is 0 Å². The Labute approximate surface area is 65.9 Å². The standard InChI is InChI=1S/C6H18N2OSi/c1-3-6(4-9-10)8-5(2)7/h5-6,8H,3-4,7H2,1-2,10H3. The summed E-state index contributed by atoms with van der Waals surface area (Å²) in [5, 5.41) is 3.21. The monoisotopic (exact) mass is 162 g/mol. The predicted molar refractivity (Wildman–Crippen MR) is 46.8 cm³/mol. The summed E-state index contributed by atoms with van der Waals surface area (Å²) in [5.41, 5.74) is 5.54. The topological polar surface area (TPSA) is 47.3 Å². The number of nitrogens with one attached hydrogen (secondary N) is 1. The summed E-state index contributed by atoms with van der Waals surface area (Å²) in [7, 11) is 0.811. The maximum atomic E-state index is 5.54. The second-order valence-electron chi connectivity index (χ2n) is 2.52. The van der Waals surface area contributed by atoms with E-state index in [4.69, 9.17) is 10.2 Å². The van der Waals surface area contributed by atoms with Gasteiger partial charge in [-0.25, -0.2) is 0 Å². The van der Waals surface area contributed by atoms with Crippen molar-refractivity contribution in [3.8, 4) is 0 Å². The molecular formula is C6H18N2OSi. The smallest absolute Gasteiger partial charge is 0.146 e. The molecule has 0 aliphatic heterocycles. The first-order chi connectivity index (χ1) is 4.70. The van der Waals surface area contributed by atoms with Gasteiger partial charge in [0.2, 0.25) is 0 Å². The third-order valence-electron chi connectivity index (χ3n) is 1.36. The molecule has 0 saturated carbocycles. The molecule has 4 heteroatoms. The van der Waals surface area contributed by atoms with Gasteiger partial charge in [0.05, 0.1) is 6.17 Å². The van der Waals surface area contributed by atoms with Crippen molar-refractivity contribution in [1.82, 2.24) is 5.32 Å². The Morgan fingerprint density at radius 1 is 1.70 bits per heavy atom. The summed E-state index contributed by atoms with van der Waals surface area (Å²) >= 11 is 0. The molecule has 62 valence electrons. The maximum absolute atomic E-state index is 5.54. The lowest BCUT2D eigenvalue weighted by atomic mass is 10.2. The van der Waals surface area contributed by atoms with Crippen molar-refractivity contribution in [2.24, 2.45) is 5.73 Å². The first kappa shape index (κ1) is 10.1. The lowest BCUT2D eigenvalue weighted by molar-refractivity contribution is 0.269. The van der Waals surface area contributed by atoms with Gasteiger partial charge < -0.3 is 10.2 Å². The molecule has 0 bridgehead atoms. The zero-order valence-electron chi connectivity index (χ0n) is 7.05. The molecule has 0 aromatic carbocycles. The van der Waals surface area contributed by atoms with E-state index in [1.807, 2.05) is 6.92 Å². The van der Waals surface area contributed by atoms with Crippen molar-refractivity contribution in [3.63, 3.8) is 0 Å². The Bertz CT molecular complexity index is 80.1. The fraction of sp³-hybridized carbons (Fsp3) is 1.00. The molecule has 0 aromatic heterocycles. The van der Waals surface area contributed by atoms with Crippen molar-refractivity contribution in [2.75, 3.05) is 6.61 Å². The fourth-order valence-corrected chi connectivity index (χ4v) is 1.26. The zero-order chi connectivity index (χ0) is 7.98. The lowest BCUT2D eigenvalue weighted by Crippen LogP contribution is -2.43. The summed E-state index contributed by atoms with van der Waals surface area (Å²) in [4.78, 5) is 0. The van der Waals surface area contributed by atoms with Gasteiger partial charge in [-0.15, -0.1) is 0 Å². The minimum atomic E-state index is 0.0711. The van der Waals surface area contributed by atoms with Crippen LogP contribution < -0.4 is 11.1 Å². The van der Waals surface area contributed by atoms with Crippen molar-refractivity contribution < 1.29 is 4.43 Å². The van der Waals surface area contributed by atoms with Gasteiger partial charge in [-0.05, 0) is 13.3 Å². The molecule has 0 fully saturated rings. The van der Waals surface area contributed by atoms with Crippen molar-refractivity contribution >= 4 is 10.5 Å². The van der Waals surface area contributed by atoms with Crippen LogP contribution in [0.3, 0.4) is 0 Å². The Hall–Kier alpha value is 0.0969. The lowest BCUT2D eigenvalue weighted by Gasteiger charge is -2.18. The summed E-state index contributed by atoms with van der Waals surface area (Å²) < 4.78 is 5.12. The highest BCUT2D eigenvalue weighted by Crippen LogP contribution is 1.90. The Morgan fingerprint density at radius 2 is 2.30 bits per heavy atom. The number of hydrogen-bond acceptors (Lipinski definition) is 3. The van der Waals surface area contributed by atoms with Crippen LogP contribution in [0.2, 0.25) is 0 Å². The first-order valence-electron chi connectivity index (χ1n) is 3.71. The number of hydrogen-bond donors (Lipinski definition) is 2. The van der Waals surface area contributed by atoms with Crippen LogP contribution in [0.15, 0.2) is 0 Å². The molecule has 0 saturated heterocycles. The molecule has 3 nitrogen and oxygen atoms in total. The van der Waals surface area contributed by atoms with Crippen LogP contribution in [0.1, 0.15) is 20.3 Å². The molecule has 2 atom stereocenters. The molecule has 2 unspecified atom stereocenters. The normalized spacial score (nSPS) is 17.1. The van der Waals surface area contributed by atoms with Gasteiger partial charge in [-0.2, -0.15) is 0 Å². The molecule has 0 aliphatic carbocycles. The quantitative estimate of drug-likeness (QED) is 0.401. The first-order valence-corrected chi connectivity index (χ1v) is 4.53. The third-order valence-corrected chi connectivity index (χ3v) is 1.69. The van der Waals surface area contributed by atoms with Gasteiger partial charge in [-0.1, -0.05) is 6.92 Å². The van der Waals surface area contributed by atoms with Crippen LogP contribution in [-0.4, -0.2) is 29.3 Å². The molecule has 3 N–H and O–H groups in total. The summed E-state index contributed by atoms with van der Waals surface area (Å²) in [5.74, 6) is 0. The van der Waals surface area contributed by atoms with Gasteiger partial charge in [0.15, 0.2) is 0 Å². The van der Waals surface area contributed by atoms with Crippen molar-refractivity contribution in [2.45, 2.75) is 32.5 Å². The summed E-state index contributed by atoms with van der Waals surface area (Å²) in [6.07, 6.45) is 1.14. The van der Waals surface area contributed by atoms with Crippen LogP contribution in [0.5, 0.6) is 0 Å². The second kappa shape index (κ2) is 5.85. The average Bonchev–Trinajstić information content (AvgIpc) is 1.86. The molecule has 0 radical (unpaired) electrons. The highest BCUT2D eigenvalue weighted by molar-refractivity contribution is 5.97. The van der Waals surface area contributed by atoms with Gasteiger partial charge in [0, 0.05) is 12.6 Å². The molecule has 0 heterocycles. The van der Waals surface area contributed by atoms with Crippen LogP contribution in [0.25, 0.3) is 0 Å². The molecule has 0 amide bonds. The van der Waals surface area contributed by atoms with E-state index in [0.29, 0.717) is 6.04 Å². The van der Waals surface area contributed by atoms with Crippen LogP contribution in [0, 0.1) is 0 Å². The van der Waals surface area contributed by atoms with E-state index in [2.05, 4.69) is 12.2 Å². The maximum Gasteiger partial charge on any atom is 0.146 e. The van der Waals surface area contributed by atoms with Gasteiger partial charge in [0.1, 0.15) is 10.5 Å². The van der Waals surface area contributed by atoms with E-state index in [1.54, 1.807) is 0 Å². The molecule has 0 spiro atoms. The van der Waals surface area contributed by atoms with Crippen LogP contribution in [-0.2, 0) is 4.43 Å². The summed E-state index contributed by atoms with van der Waals surface area (Å²) in [6.45, 7) is 4.86. The largest absolute Gasteiger partial charge is 0.426 e. The Morgan fingerprint density at radius 3 is 2.60 bits per heavy atom. The van der Waals surface area contributed by atoms with Gasteiger partial charge in [-0.3, -0.25) is 5.32 Å². The highest BCUT2D eigenvalue weighted by atomic mass is 28.2. The van der Waals surface area contributed by atoms with E-state index in [-0.39, 0.29) is 6.17 Å². The molecular weight excluding hydrogens is 144 g/mol. The van der Waals surface area contributed by atoms with E-state index in [9.17, 15) is 0 Å². The SMILES string of the molecule is CCC(CO[SiH3])NC(C)N. The van der Waals surface area contributed by atoms with Crippen molar-refractivity contribution in [3.05, 3.63) is 0 Å². The van der Waals surface area contributed by atoms with Gasteiger partial charge in [0.25, 0.3) is 0 Å². The van der Waals surface area contributed by atoms with Crippen molar-refractivity contribution in [1.29, 1.82) is 0 Å². The fourth-order valence-electron chi connectivity index (χ4n) is 0.857. The van der Waals surface area contributed by atoms with E-state index in [0.717, 1.165) is 23.5 Å². The third kappa shape index (κ3) is 4.93. The molecule has 0 aromatic rings. The number of rotatable bonds is 5. The van der Waals surface area contributed by atoms with Crippen LogP contribution >= 0.6 is 0 Å². The molecule has 10 heavy (non-hydrogen) atoms. The predicted octanol–water partition coefficient (Wildman–Crippen LogP) is -1.04. The van der Waals surface area contributed by atoms with E-state index in [1.165, 1.54) is 0 Å². The number of nitrogens with two attached hydrogens (primary N) is 1. The zero-order valence-corrected chi connectivity index (χ0v) is 9.05. The average molecular weight is 162 g/mol. The van der Waals surface area contributed by atoms with Crippen LogP contribution in [0.4, 0.5) is 0 Å². The Balaban J connectivity index is 3.39. The minimum Gasteiger partial charge on any atom is -0.426 e. The van der Waals surface area contributed by atoms with E-state index < -0.39 is 0 Å². The second-order valence-corrected chi connectivity index (χ2v) is 3.09.